The van der Waals surface area contributed by atoms with Gasteiger partial charge in [-0.2, -0.15) is 0 Å². The van der Waals surface area contributed by atoms with Gasteiger partial charge in [-0.25, -0.2) is 4.98 Å². The normalized spacial score (nSPS) is 10.4. The minimum Gasteiger partial charge on any atom is -0.497 e. The summed E-state index contributed by atoms with van der Waals surface area (Å²) in [5, 5.41) is 8.41. The van der Waals surface area contributed by atoms with Crippen molar-refractivity contribution in [3.63, 3.8) is 0 Å². The molecule has 4 heteroatoms. The van der Waals surface area contributed by atoms with E-state index in [0.717, 1.165) is 28.3 Å². The quantitative estimate of drug-likeness (QED) is 0.735. The molecule has 3 aromatic rings. The van der Waals surface area contributed by atoms with E-state index in [1.165, 1.54) is 0 Å². The number of nitrogens with zero attached hydrogens (tertiary/aromatic N) is 3. The van der Waals surface area contributed by atoms with Crippen LogP contribution in [-0.4, -0.2) is 22.3 Å². The first-order chi connectivity index (χ1) is 10.3. The second kappa shape index (κ2) is 5.71. The Bertz CT molecular complexity index is 740. The van der Waals surface area contributed by atoms with Crippen molar-refractivity contribution in [3.05, 3.63) is 60.4 Å². The average Bonchev–Trinajstić information content (AvgIpc) is 2.56. The second-order valence-electron chi connectivity index (χ2n) is 4.65. The maximum Gasteiger partial charge on any atom is 0.148 e. The molecule has 0 amide bonds. The molecule has 0 atom stereocenters. The molecule has 0 spiro atoms. The van der Waals surface area contributed by atoms with Crippen LogP contribution in [0.15, 0.2) is 54.6 Å². The lowest BCUT2D eigenvalue weighted by atomic mass is 10.0. The van der Waals surface area contributed by atoms with Gasteiger partial charge in [-0.05, 0) is 31.2 Å². The zero-order chi connectivity index (χ0) is 14.7. The van der Waals surface area contributed by atoms with Gasteiger partial charge >= 0.3 is 0 Å². The van der Waals surface area contributed by atoms with Crippen LogP contribution in [0, 0.1) is 6.92 Å². The third-order valence-corrected chi connectivity index (χ3v) is 3.20. The molecule has 2 aromatic carbocycles. The highest BCUT2D eigenvalue weighted by Crippen LogP contribution is 2.29. The second-order valence-corrected chi connectivity index (χ2v) is 4.65. The Hall–Kier alpha value is -2.75. The van der Waals surface area contributed by atoms with Gasteiger partial charge in [-0.1, -0.05) is 30.3 Å². The van der Waals surface area contributed by atoms with Gasteiger partial charge in [0.2, 0.25) is 0 Å². The third kappa shape index (κ3) is 2.74. The van der Waals surface area contributed by atoms with E-state index >= 15 is 0 Å². The van der Waals surface area contributed by atoms with Crippen LogP contribution in [0.3, 0.4) is 0 Å². The molecule has 21 heavy (non-hydrogen) atoms. The Morgan fingerprint density at radius 1 is 0.762 bits per heavy atom. The maximum atomic E-state index is 5.20. The van der Waals surface area contributed by atoms with Crippen molar-refractivity contribution in [1.29, 1.82) is 0 Å². The number of hydrogen-bond acceptors (Lipinski definition) is 4. The zero-order valence-corrected chi connectivity index (χ0v) is 11.9. The summed E-state index contributed by atoms with van der Waals surface area (Å²) in [5.74, 6) is 1.47. The number of rotatable bonds is 3. The van der Waals surface area contributed by atoms with E-state index < -0.39 is 0 Å². The zero-order valence-electron chi connectivity index (χ0n) is 11.9. The number of methoxy groups -OCH3 is 1. The molecular weight excluding hydrogens is 262 g/mol. The number of ether oxygens (including phenoxy) is 1. The molecule has 0 aliphatic heterocycles. The highest BCUT2D eigenvalue weighted by molar-refractivity contribution is 5.77. The Morgan fingerprint density at radius 2 is 1.43 bits per heavy atom. The van der Waals surface area contributed by atoms with Gasteiger partial charge in [-0.15, -0.1) is 10.2 Å². The summed E-state index contributed by atoms with van der Waals surface area (Å²) in [7, 11) is 1.65. The Kier molecular flexibility index (Phi) is 3.60. The smallest absolute Gasteiger partial charge is 0.148 e. The van der Waals surface area contributed by atoms with Gasteiger partial charge in [-0.3, -0.25) is 0 Å². The number of benzene rings is 2. The van der Waals surface area contributed by atoms with E-state index in [9.17, 15) is 0 Å². The van der Waals surface area contributed by atoms with Gasteiger partial charge < -0.3 is 4.74 Å². The number of hydrogen-bond donors (Lipinski definition) is 0. The minimum atomic E-state index is 0.653. The monoisotopic (exact) mass is 277 g/mol. The van der Waals surface area contributed by atoms with Crippen molar-refractivity contribution in [3.8, 4) is 28.3 Å². The van der Waals surface area contributed by atoms with E-state index in [1.807, 2.05) is 61.5 Å². The fraction of sp³-hybridized carbons (Fsp3) is 0.118. The van der Waals surface area contributed by atoms with E-state index in [2.05, 4.69) is 15.2 Å². The van der Waals surface area contributed by atoms with Crippen LogP contribution in [0.25, 0.3) is 22.5 Å². The summed E-state index contributed by atoms with van der Waals surface area (Å²) in [6.45, 7) is 1.84. The van der Waals surface area contributed by atoms with E-state index in [4.69, 9.17) is 4.74 Å². The first-order valence-electron chi connectivity index (χ1n) is 6.69. The fourth-order valence-electron chi connectivity index (χ4n) is 2.15. The molecule has 0 aliphatic carbocycles. The molecule has 104 valence electrons. The van der Waals surface area contributed by atoms with Gasteiger partial charge in [0.15, 0.2) is 0 Å². The number of aryl methyl sites for hydroxylation is 1. The van der Waals surface area contributed by atoms with E-state index in [0.29, 0.717) is 5.82 Å². The predicted molar refractivity (Wildman–Crippen MR) is 82.0 cm³/mol. The molecule has 0 unspecified atom stereocenters. The average molecular weight is 277 g/mol. The Labute approximate surface area is 123 Å². The molecule has 0 fully saturated rings. The van der Waals surface area contributed by atoms with Crippen LogP contribution in [-0.2, 0) is 0 Å². The number of aromatic nitrogens is 3. The summed E-state index contributed by atoms with van der Waals surface area (Å²) in [6.07, 6.45) is 0. The standard InChI is InChI=1S/C17H15N3O/c1-12-18-16(14-8-10-15(21-2)11-9-14)17(20-19-12)13-6-4-3-5-7-13/h3-11H,1-2H3. The van der Waals surface area contributed by atoms with Crippen molar-refractivity contribution in [2.45, 2.75) is 6.92 Å². The van der Waals surface area contributed by atoms with Gasteiger partial charge in [0.05, 0.1) is 7.11 Å². The van der Waals surface area contributed by atoms with Crippen LogP contribution in [0.1, 0.15) is 5.82 Å². The van der Waals surface area contributed by atoms with Crippen LogP contribution in [0.5, 0.6) is 5.75 Å². The fourth-order valence-corrected chi connectivity index (χ4v) is 2.15. The first kappa shape index (κ1) is 13.2. The summed E-state index contributed by atoms with van der Waals surface area (Å²) in [5.41, 5.74) is 3.61. The van der Waals surface area contributed by atoms with Gasteiger partial charge in [0.1, 0.15) is 23.0 Å². The minimum absolute atomic E-state index is 0.653. The summed E-state index contributed by atoms with van der Waals surface area (Å²) in [4.78, 5) is 4.56. The van der Waals surface area contributed by atoms with Crippen LogP contribution < -0.4 is 4.74 Å². The topological polar surface area (TPSA) is 47.9 Å². The lowest BCUT2D eigenvalue weighted by Gasteiger charge is -2.09. The van der Waals surface area contributed by atoms with Crippen molar-refractivity contribution in [2.75, 3.05) is 7.11 Å². The molecule has 0 saturated carbocycles. The first-order valence-corrected chi connectivity index (χ1v) is 6.69. The molecule has 0 aliphatic rings. The van der Waals surface area contributed by atoms with Gasteiger partial charge in [0.25, 0.3) is 0 Å². The van der Waals surface area contributed by atoms with Crippen molar-refractivity contribution in [2.24, 2.45) is 0 Å². The van der Waals surface area contributed by atoms with Crippen LogP contribution in [0.4, 0.5) is 0 Å². The van der Waals surface area contributed by atoms with Crippen molar-refractivity contribution in [1.82, 2.24) is 15.2 Å². The molecule has 0 bridgehead atoms. The van der Waals surface area contributed by atoms with E-state index in [-0.39, 0.29) is 0 Å². The van der Waals surface area contributed by atoms with Gasteiger partial charge in [0, 0.05) is 11.1 Å². The highest BCUT2D eigenvalue weighted by Gasteiger charge is 2.12. The largest absolute Gasteiger partial charge is 0.497 e. The van der Waals surface area contributed by atoms with E-state index in [1.54, 1.807) is 7.11 Å². The van der Waals surface area contributed by atoms with Crippen LogP contribution >= 0.6 is 0 Å². The third-order valence-electron chi connectivity index (χ3n) is 3.20. The molecule has 4 nitrogen and oxygen atoms in total. The Morgan fingerprint density at radius 3 is 2.10 bits per heavy atom. The van der Waals surface area contributed by atoms with Crippen molar-refractivity contribution >= 4 is 0 Å². The molecule has 3 rings (SSSR count). The SMILES string of the molecule is COc1ccc(-c2nc(C)nnc2-c2ccccc2)cc1. The molecular formula is C17H15N3O. The van der Waals surface area contributed by atoms with Crippen LogP contribution in [0.2, 0.25) is 0 Å². The predicted octanol–water partition coefficient (Wildman–Crippen LogP) is 3.52. The Balaban J connectivity index is 2.14. The molecule has 1 aromatic heterocycles. The maximum absolute atomic E-state index is 5.20. The molecule has 1 heterocycles. The summed E-state index contributed by atoms with van der Waals surface area (Å²) < 4.78 is 5.20. The highest BCUT2D eigenvalue weighted by atomic mass is 16.5. The lowest BCUT2D eigenvalue weighted by molar-refractivity contribution is 0.415. The van der Waals surface area contributed by atoms with Crippen molar-refractivity contribution < 1.29 is 4.74 Å². The molecule has 0 saturated heterocycles. The molecule has 0 radical (unpaired) electrons. The summed E-state index contributed by atoms with van der Waals surface area (Å²) >= 11 is 0. The molecule has 0 N–H and O–H groups in total. The summed E-state index contributed by atoms with van der Waals surface area (Å²) in [6, 6.07) is 17.8. The lowest BCUT2D eigenvalue weighted by Crippen LogP contribution is -1.99.